The van der Waals surface area contributed by atoms with Crippen molar-refractivity contribution in [3.8, 4) is 5.75 Å². The van der Waals surface area contributed by atoms with E-state index in [0.717, 1.165) is 50.4 Å². The lowest BCUT2D eigenvalue weighted by molar-refractivity contribution is -0.132. The normalized spacial score (nSPS) is 24.9. The molecule has 6 rings (SSSR count). The second-order valence-corrected chi connectivity index (χ2v) is 10.5. The average Bonchev–Trinajstić information content (AvgIpc) is 3.57. The van der Waals surface area contributed by atoms with Crippen LogP contribution < -0.4 is 15.6 Å². The number of hydrogen-bond donors (Lipinski definition) is 2. The number of carbonyl (C=O) groups is 1. The van der Waals surface area contributed by atoms with E-state index in [9.17, 15) is 4.79 Å². The van der Waals surface area contributed by atoms with Crippen molar-refractivity contribution in [1.82, 2.24) is 25.7 Å². The maximum atomic E-state index is 13.0. The highest BCUT2D eigenvalue weighted by Gasteiger charge is 2.44. The number of nitrogens with zero attached hydrogens (tertiary/aromatic N) is 4. The predicted octanol–water partition coefficient (Wildman–Crippen LogP) is 3.61. The number of amidine groups is 1. The molecule has 194 valence electrons. The van der Waals surface area contributed by atoms with Crippen LogP contribution in [0.1, 0.15) is 49.3 Å². The fraction of sp³-hybridized carbons (Fsp3) is 0.448. The average molecular weight is 501 g/mol. The number of nitrogens with one attached hydrogen (secondary N) is 2. The summed E-state index contributed by atoms with van der Waals surface area (Å²) in [7, 11) is 1.69. The highest BCUT2D eigenvalue weighted by molar-refractivity contribution is 5.89. The minimum atomic E-state index is 0.0691. The number of hydrazine groups is 1. The van der Waals surface area contributed by atoms with Crippen LogP contribution in [-0.4, -0.2) is 59.0 Å². The molecule has 0 spiro atoms. The second kappa shape index (κ2) is 10.5. The third kappa shape index (κ3) is 5.03. The van der Waals surface area contributed by atoms with Gasteiger partial charge >= 0.3 is 0 Å². The first-order valence-electron chi connectivity index (χ1n) is 13.5. The molecule has 4 heterocycles. The molecule has 2 N–H and O–H groups in total. The molecule has 2 saturated heterocycles. The monoisotopic (exact) mass is 500 g/mol. The summed E-state index contributed by atoms with van der Waals surface area (Å²) in [6.07, 6.45) is 9.63. The largest absolute Gasteiger partial charge is 0.497 e. The predicted molar refractivity (Wildman–Crippen MR) is 143 cm³/mol. The van der Waals surface area contributed by atoms with Gasteiger partial charge in [0.05, 0.1) is 19.2 Å². The number of hydrazone groups is 1. The molecular formula is C29H36N6O2. The summed E-state index contributed by atoms with van der Waals surface area (Å²) >= 11 is 0. The van der Waals surface area contributed by atoms with E-state index in [1.54, 1.807) is 7.11 Å². The zero-order chi connectivity index (χ0) is 25.2. The van der Waals surface area contributed by atoms with E-state index in [1.807, 2.05) is 12.1 Å². The third-order valence-electron chi connectivity index (χ3n) is 8.23. The Balaban J connectivity index is 0.983. The number of likely N-dealkylation sites (tertiary alicyclic amines) is 1. The highest BCUT2D eigenvalue weighted by atomic mass is 16.5. The number of fused-ring (bicyclic) bond motifs is 3. The number of carbonyl (C=O) groups excluding carboxylic acids is 1. The lowest BCUT2D eigenvalue weighted by atomic mass is 9.90. The summed E-state index contributed by atoms with van der Waals surface area (Å²) in [5.41, 5.74) is 9.59. The van der Waals surface area contributed by atoms with Crippen molar-refractivity contribution >= 4 is 11.7 Å². The van der Waals surface area contributed by atoms with Gasteiger partial charge in [0, 0.05) is 38.3 Å². The number of methoxy groups -OCH3 is 1. The van der Waals surface area contributed by atoms with E-state index in [1.165, 1.54) is 11.1 Å². The summed E-state index contributed by atoms with van der Waals surface area (Å²) in [5.74, 6) is 2.72. The quantitative estimate of drug-likeness (QED) is 0.605. The molecule has 2 aromatic rings. The minimum Gasteiger partial charge on any atom is -0.497 e. The standard InChI is InChI=1S/C29H36N6O2/c1-37-24-9-7-23(8-10-24)25-20-26-29-31-30-27(34(29)17-18-35(26)32-25)11-12-28(36)33-15-13-22(14-16-33)19-21-5-3-2-4-6-21/h2-10,17-18,22,25-26,29,31-32H,11-16,19-20H2,1H3. The molecule has 3 unspecified atom stereocenters. The van der Waals surface area contributed by atoms with Crippen LogP contribution in [0.2, 0.25) is 0 Å². The molecule has 0 aromatic heterocycles. The van der Waals surface area contributed by atoms with Gasteiger partial charge in [0.15, 0.2) is 0 Å². The van der Waals surface area contributed by atoms with Crippen molar-refractivity contribution in [2.24, 2.45) is 11.0 Å². The van der Waals surface area contributed by atoms with Crippen LogP contribution in [0.4, 0.5) is 0 Å². The molecule has 8 heteroatoms. The maximum absolute atomic E-state index is 13.0. The third-order valence-corrected chi connectivity index (χ3v) is 8.23. The van der Waals surface area contributed by atoms with Gasteiger partial charge in [-0.25, -0.2) is 5.43 Å². The number of piperidine rings is 1. The van der Waals surface area contributed by atoms with Crippen molar-refractivity contribution in [2.75, 3.05) is 20.2 Å². The van der Waals surface area contributed by atoms with Gasteiger partial charge in [0.1, 0.15) is 17.8 Å². The molecule has 0 bridgehead atoms. The molecule has 2 aromatic carbocycles. The van der Waals surface area contributed by atoms with Gasteiger partial charge in [0.2, 0.25) is 5.91 Å². The van der Waals surface area contributed by atoms with Gasteiger partial charge in [-0.3, -0.25) is 10.2 Å². The van der Waals surface area contributed by atoms with Crippen LogP contribution in [0, 0.1) is 5.92 Å². The van der Waals surface area contributed by atoms with Gasteiger partial charge in [-0.15, -0.1) is 0 Å². The van der Waals surface area contributed by atoms with Crippen LogP contribution in [0.3, 0.4) is 0 Å². The van der Waals surface area contributed by atoms with Crippen LogP contribution >= 0.6 is 0 Å². The fourth-order valence-corrected chi connectivity index (χ4v) is 6.08. The van der Waals surface area contributed by atoms with Gasteiger partial charge in [0.25, 0.3) is 0 Å². The zero-order valence-corrected chi connectivity index (χ0v) is 21.4. The lowest BCUT2D eigenvalue weighted by Gasteiger charge is -2.37. The molecule has 3 atom stereocenters. The number of benzene rings is 2. The van der Waals surface area contributed by atoms with Crippen molar-refractivity contribution in [3.63, 3.8) is 0 Å². The molecule has 1 amide bonds. The molecule has 0 radical (unpaired) electrons. The van der Waals surface area contributed by atoms with E-state index < -0.39 is 0 Å². The van der Waals surface area contributed by atoms with E-state index in [0.29, 0.717) is 18.8 Å². The van der Waals surface area contributed by atoms with Crippen molar-refractivity contribution in [2.45, 2.75) is 56.8 Å². The molecule has 8 nitrogen and oxygen atoms in total. The molecule has 4 aliphatic rings. The first-order chi connectivity index (χ1) is 18.2. The molecular weight excluding hydrogens is 464 g/mol. The first kappa shape index (κ1) is 23.9. The number of ether oxygens (including phenoxy) is 1. The summed E-state index contributed by atoms with van der Waals surface area (Å²) < 4.78 is 5.30. The summed E-state index contributed by atoms with van der Waals surface area (Å²) in [6.45, 7) is 1.73. The second-order valence-electron chi connectivity index (χ2n) is 10.5. The Bertz CT molecular complexity index is 1140. The van der Waals surface area contributed by atoms with E-state index in [2.05, 4.69) is 85.6 Å². The number of hydrogen-bond acceptors (Lipinski definition) is 7. The van der Waals surface area contributed by atoms with Crippen molar-refractivity contribution in [1.29, 1.82) is 0 Å². The molecule has 0 aliphatic carbocycles. The molecule has 4 aliphatic heterocycles. The Morgan fingerprint density at radius 1 is 1.05 bits per heavy atom. The minimum absolute atomic E-state index is 0.0691. The van der Waals surface area contributed by atoms with E-state index >= 15 is 0 Å². The van der Waals surface area contributed by atoms with E-state index in [4.69, 9.17) is 4.74 Å². The van der Waals surface area contributed by atoms with Crippen LogP contribution in [-0.2, 0) is 11.2 Å². The van der Waals surface area contributed by atoms with Crippen LogP contribution in [0.25, 0.3) is 0 Å². The van der Waals surface area contributed by atoms with Gasteiger partial charge in [-0.2, -0.15) is 5.10 Å². The van der Waals surface area contributed by atoms with Crippen LogP contribution in [0.5, 0.6) is 5.75 Å². The molecule has 37 heavy (non-hydrogen) atoms. The summed E-state index contributed by atoms with van der Waals surface area (Å²) in [4.78, 5) is 17.3. The lowest BCUT2D eigenvalue weighted by Crippen LogP contribution is -2.54. The maximum Gasteiger partial charge on any atom is 0.223 e. The topological polar surface area (TPSA) is 72.4 Å². The first-order valence-corrected chi connectivity index (χ1v) is 13.5. The summed E-state index contributed by atoms with van der Waals surface area (Å²) in [5, 5.41) is 6.82. The summed E-state index contributed by atoms with van der Waals surface area (Å²) in [6, 6.07) is 19.4. The van der Waals surface area contributed by atoms with Crippen molar-refractivity contribution < 1.29 is 9.53 Å². The fourth-order valence-electron chi connectivity index (χ4n) is 6.08. The Morgan fingerprint density at radius 3 is 2.59 bits per heavy atom. The Morgan fingerprint density at radius 2 is 1.84 bits per heavy atom. The Kier molecular flexibility index (Phi) is 6.74. The van der Waals surface area contributed by atoms with Gasteiger partial charge in [-0.1, -0.05) is 42.5 Å². The SMILES string of the molecule is COc1ccc(C2CC3C4NN=C(CCC(=O)N5CCC(Cc6ccccc6)CC5)N4C=CN3N2)cc1. The van der Waals surface area contributed by atoms with Crippen molar-refractivity contribution in [3.05, 3.63) is 78.1 Å². The van der Waals surface area contributed by atoms with Crippen LogP contribution in [0.15, 0.2) is 72.1 Å². The van der Waals surface area contributed by atoms with E-state index in [-0.39, 0.29) is 24.2 Å². The Labute approximate surface area is 218 Å². The highest BCUT2D eigenvalue weighted by Crippen LogP contribution is 2.35. The zero-order valence-electron chi connectivity index (χ0n) is 21.4. The molecule has 0 saturated carbocycles. The number of amides is 1. The van der Waals surface area contributed by atoms with Gasteiger partial charge < -0.3 is 19.5 Å². The number of rotatable bonds is 7. The molecule has 2 fully saturated rings. The van der Waals surface area contributed by atoms with Gasteiger partial charge in [-0.05, 0) is 54.9 Å². The Hall–Kier alpha value is -3.52. The smallest absolute Gasteiger partial charge is 0.223 e.